The van der Waals surface area contributed by atoms with E-state index >= 15 is 0 Å². The summed E-state index contributed by atoms with van der Waals surface area (Å²) in [5.74, 6) is 0.217. The van der Waals surface area contributed by atoms with E-state index in [9.17, 15) is 9.59 Å². The summed E-state index contributed by atoms with van der Waals surface area (Å²) in [6.45, 7) is 7.56. The molecule has 0 radical (unpaired) electrons. The van der Waals surface area contributed by atoms with Gasteiger partial charge in [-0.3, -0.25) is 9.59 Å². The van der Waals surface area contributed by atoms with Crippen molar-refractivity contribution in [1.29, 1.82) is 0 Å². The van der Waals surface area contributed by atoms with E-state index in [1.165, 1.54) is 16.9 Å². The van der Waals surface area contributed by atoms with E-state index < -0.39 is 0 Å². The van der Waals surface area contributed by atoms with Crippen molar-refractivity contribution in [3.63, 3.8) is 0 Å². The highest BCUT2D eigenvalue weighted by Crippen LogP contribution is 2.23. The molecule has 2 heterocycles. The molecular weight excluding hydrogens is 376 g/mol. The quantitative estimate of drug-likeness (QED) is 0.688. The normalized spacial score (nSPS) is 16.7. The standard InChI is InChI=1S/C21H26N2O4S/c1-4-26-21(25)16-6-5-9-23(11-16)20(24)17-13-28-19(22-17)12-27-18-8-7-14(2)10-15(18)3/h7-8,10,13,16H,4-6,9,11-12H2,1-3H3/t16-/m0/s1. The molecule has 1 fully saturated rings. The number of nitrogens with zero attached hydrogens (tertiary/aromatic N) is 2. The van der Waals surface area contributed by atoms with Gasteiger partial charge in [0.2, 0.25) is 0 Å². The van der Waals surface area contributed by atoms with Crippen LogP contribution < -0.4 is 4.74 Å². The van der Waals surface area contributed by atoms with Crippen LogP contribution in [0.25, 0.3) is 0 Å². The van der Waals surface area contributed by atoms with Gasteiger partial charge in [-0.1, -0.05) is 17.7 Å². The number of likely N-dealkylation sites (tertiary alicyclic amines) is 1. The second kappa shape index (κ2) is 9.19. The fourth-order valence-electron chi connectivity index (χ4n) is 3.35. The largest absolute Gasteiger partial charge is 0.486 e. The third kappa shape index (κ3) is 4.90. The Labute approximate surface area is 169 Å². The number of thiazole rings is 1. The molecule has 3 rings (SSSR count). The molecule has 1 atom stereocenters. The summed E-state index contributed by atoms with van der Waals surface area (Å²) in [6, 6.07) is 6.03. The Morgan fingerprint density at radius 1 is 1.32 bits per heavy atom. The molecule has 2 aromatic rings. The van der Waals surface area contributed by atoms with Gasteiger partial charge in [-0.2, -0.15) is 0 Å². The zero-order chi connectivity index (χ0) is 20.1. The molecule has 1 amide bonds. The predicted molar refractivity (Wildman–Crippen MR) is 108 cm³/mol. The zero-order valence-corrected chi connectivity index (χ0v) is 17.4. The fourth-order valence-corrected chi connectivity index (χ4v) is 4.03. The third-order valence-corrected chi connectivity index (χ3v) is 5.60. The van der Waals surface area contributed by atoms with Gasteiger partial charge in [0.25, 0.3) is 5.91 Å². The van der Waals surface area contributed by atoms with Crippen LogP contribution >= 0.6 is 11.3 Å². The van der Waals surface area contributed by atoms with Crippen LogP contribution in [0.4, 0.5) is 0 Å². The second-order valence-corrected chi connectivity index (χ2v) is 7.97. The zero-order valence-electron chi connectivity index (χ0n) is 16.6. The molecule has 0 aliphatic carbocycles. The Morgan fingerprint density at radius 3 is 2.89 bits per heavy atom. The number of carbonyl (C=O) groups excluding carboxylic acids is 2. The highest BCUT2D eigenvalue weighted by atomic mass is 32.1. The average molecular weight is 403 g/mol. The van der Waals surface area contributed by atoms with Gasteiger partial charge in [0.1, 0.15) is 23.1 Å². The molecule has 6 nitrogen and oxygen atoms in total. The number of aromatic nitrogens is 1. The molecule has 1 aromatic carbocycles. The van der Waals surface area contributed by atoms with Gasteiger partial charge in [0, 0.05) is 18.5 Å². The number of esters is 1. The van der Waals surface area contributed by atoms with Crippen LogP contribution in [-0.2, 0) is 16.1 Å². The van der Waals surface area contributed by atoms with Crippen molar-refractivity contribution < 1.29 is 19.1 Å². The third-order valence-electron chi connectivity index (χ3n) is 4.78. The van der Waals surface area contributed by atoms with E-state index in [4.69, 9.17) is 9.47 Å². The Morgan fingerprint density at radius 2 is 2.14 bits per heavy atom. The van der Waals surface area contributed by atoms with Gasteiger partial charge in [-0.05, 0) is 45.2 Å². The van der Waals surface area contributed by atoms with E-state index in [0.717, 1.165) is 29.2 Å². The number of ether oxygens (including phenoxy) is 2. The molecule has 150 valence electrons. The van der Waals surface area contributed by atoms with Gasteiger partial charge in [-0.15, -0.1) is 11.3 Å². The summed E-state index contributed by atoms with van der Waals surface area (Å²) in [5.41, 5.74) is 2.68. The monoisotopic (exact) mass is 402 g/mol. The van der Waals surface area contributed by atoms with Crippen molar-refractivity contribution in [2.24, 2.45) is 5.92 Å². The van der Waals surface area contributed by atoms with Crippen molar-refractivity contribution in [3.05, 3.63) is 45.4 Å². The first-order chi connectivity index (χ1) is 13.5. The van der Waals surface area contributed by atoms with Crippen LogP contribution in [0.1, 0.15) is 46.4 Å². The predicted octanol–water partition coefficient (Wildman–Crippen LogP) is 3.75. The molecule has 1 saturated heterocycles. The Balaban J connectivity index is 1.59. The number of carbonyl (C=O) groups is 2. The van der Waals surface area contributed by atoms with Gasteiger partial charge in [0.05, 0.1) is 12.5 Å². The lowest BCUT2D eigenvalue weighted by atomic mass is 9.98. The number of hydrogen-bond donors (Lipinski definition) is 0. The SMILES string of the molecule is CCOC(=O)[C@H]1CCCN(C(=O)c2csc(COc3ccc(C)cc3C)n2)C1. The lowest BCUT2D eigenvalue weighted by Crippen LogP contribution is -2.43. The second-order valence-electron chi connectivity index (χ2n) is 7.03. The van der Waals surface area contributed by atoms with Crippen molar-refractivity contribution >= 4 is 23.2 Å². The van der Waals surface area contributed by atoms with Crippen molar-refractivity contribution in [2.75, 3.05) is 19.7 Å². The summed E-state index contributed by atoms with van der Waals surface area (Å²) in [5, 5.41) is 2.51. The first-order valence-corrected chi connectivity index (χ1v) is 10.5. The number of aryl methyl sites for hydroxylation is 2. The van der Waals surface area contributed by atoms with Gasteiger partial charge < -0.3 is 14.4 Å². The molecule has 0 N–H and O–H groups in total. The summed E-state index contributed by atoms with van der Waals surface area (Å²) >= 11 is 1.41. The Kier molecular flexibility index (Phi) is 6.67. The van der Waals surface area contributed by atoms with Crippen molar-refractivity contribution in [2.45, 2.75) is 40.2 Å². The first kappa shape index (κ1) is 20.3. The van der Waals surface area contributed by atoms with Crippen LogP contribution in [-0.4, -0.2) is 41.5 Å². The van der Waals surface area contributed by atoms with Crippen LogP contribution in [0.15, 0.2) is 23.6 Å². The molecule has 28 heavy (non-hydrogen) atoms. The minimum absolute atomic E-state index is 0.136. The van der Waals surface area contributed by atoms with E-state index in [-0.39, 0.29) is 17.8 Å². The molecule has 0 spiro atoms. The number of piperidine rings is 1. The Bertz CT molecular complexity index is 849. The number of amides is 1. The van der Waals surface area contributed by atoms with Crippen LogP contribution in [0.3, 0.4) is 0 Å². The summed E-state index contributed by atoms with van der Waals surface area (Å²) < 4.78 is 11.0. The first-order valence-electron chi connectivity index (χ1n) is 9.58. The highest BCUT2D eigenvalue weighted by molar-refractivity contribution is 7.09. The molecule has 1 aliphatic rings. The number of rotatable bonds is 6. The molecular formula is C21H26N2O4S. The molecule has 0 saturated carbocycles. The molecule has 7 heteroatoms. The highest BCUT2D eigenvalue weighted by Gasteiger charge is 2.30. The maximum atomic E-state index is 12.8. The lowest BCUT2D eigenvalue weighted by molar-refractivity contribution is -0.149. The van der Waals surface area contributed by atoms with Crippen molar-refractivity contribution in [3.8, 4) is 5.75 Å². The Hall–Kier alpha value is -2.41. The molecule has 0 unspecified atom stereocenters. The van der Waals surface area contributed by atoms with E-state index in [1.807, 2.05) is 26.0 Å². The summed E-state index contributed by atoms with van der Waals surface area (Å²) in [4.78, 5) is 30.9. The minimum Gasteiger partial charge on any atom is -0.486 e. The molecule has 1 aromatic heterocycles. The number of hydrogen-bond acceptors (Lipinski definition) is 6. The van der Waals surface area contributed by atoms with Gasteiger partial charge in [-0.25, -0.2) is 4.98 Å². The average Bonchev–Trinajstić information content (AvgIpc) is 3.16. The molecule has 0 bridgehead atoms. The molecule has 1 aliphatic heterocycles. The van der Waals surface area contributed by atoms with Gasteiger partial charge in [0.15, 0.2) is 0 Å². The van der Waals surface area contributed by atoms with Crippen LogP contribution in [0.2, 0.25) is 0 Å². The maximum Gasteiger partial charge on any atom is 0.310 e. The van der Waals surface area contributed by atoms with Crippen molar-refractivity contribution in [1.82, 2.24) is 9.88 Å². The van der Waals surface area contributed by atoms with Crippen LogP contribution in [0.5, 0.6) is 5.75 Å². The van der Waals surface area contributed by atoms with E-state index in [0.29, 0.717) is 32.0 Å². The lowest BCUT2D eigenvalue weighted by Gasteiger charge is -2.31. The number of benzene rings is 1. The fraction of sp³-hybridized carbons (Fsp3) is 0.476. The maximum absolute atomic E-state index is 12.8. The smallest absolute Gasteiger partial charge is 0.310 e. The summed E-state index contributed by atoms with van der Waals surface area (Å²) in [6.07, 6.45) is 1.55. The topological polar surface area (TPSA) is 68.7 Å². The minimum atomic E-state index is -0.247. The van der Waals surface area contributed by atoms with E-state index in [2.05, 4.69) is 11.1 Å². The van der Waals surface area contributed by atoms with Gasteiger partial charge >= 0.3 is 5.97 Å². The summed E-state index contributed by atoms with van der Waals surface area (Å²) in [7, 11) is 0. The van der Waals surface area contributed by atoms with Crippen LogP contribution in [0, 0.1) is 19.8 Å². The van der Waals surface area contributed by atoms with E-state index in [1.54, 1.807) is 17.2 Å².